The SMILES string of the molecule is CSc1ccc(C(N)C(F)(F)F)cc1. The Morgan fingerprint density at radius 2 is 1.71 bits per heavy atom. The molecule has 0 aliphatic carbocycles. The highest BCUT2D eigenvalue weighted by atomic mass is 32.2. The molecule has 0 aliphatic rings. The highest BCUT2D eigenvalue weighted by Crippen LogP contribution is 2.30. The van der Waals surface area contributed by atoms with Crippen molar-refractivity contribution in [2.24, 2.45) is 5.73 Å². The minimum Gasteiger partial charge on any atom is -0.316 e. The second-order valence-electron chi connectivity index (χ2n) is 2.79. The van der Waals surface area contributed by atoms with Crippen LogP contribution < -0.4 is 5.73 Å². The first-order valence-electron chi connectivity index (χ1n) is 3.91. The first kappa shape index (κ1) is 11.4. The number of alkyl halides is 3. The molecule has 1 aromatic rings. The van der Waals surface area contributed by atoms with E-state index in [2.05, 4.69) is 0 Å². The third-order valence-electron chi connectivity index (χ3n) is 1.83. The van der Waals surface area contributed by atoms with Crippen molar-refractivity contribution >= 4 is 11.8 Å². The van der Waals surface area contributed by atoms with Crippen LogP contribution in [0.15, 0.2) is 29.2 Å². The average molecular weight is 221 g/mol. The van der Waals surface area contributed by atoms with Crippen LogP contribution in [0.4, 0.5) is 13.2 Å². The van der Waals surface area contributed by atoms with E-state index < -0.39 is 12.2 Å². The molecule has 0 saturated carbocycles. The molecule has 1 unspecified atom stereocenters. The van der Waals surface area contributed by atoms with Crippen LogP contribution in [0.1, 0.15) is 11.6 Å². The zero-order valence-electron chi connectivity index (χ0n) is 7.51. The fourth-order valence-corrected chi connectivity index (χ4v) is 1.41. The van der Waals surface area contributed by atoms with Crippen molar-refractivity contribution in [1.82, 2.24) is 0 Å². The first-order valence-corrected chi connectivity index (χ1v) is 5.14. The second-order valence-corrected chi connectivity index (χ2v) is 3.67. The van der Waals surface area contributed by atoms with Crippen LogP contribution >= 0.6 is 11.8 Å². The van der Waals surface area contributed by atoms with Gasteiger partial charge >= 0.3 is 6.18 Å². The molecule has 1 aromatic carbocycles. The van der Waals surface area contributed by atoms with Crippen molar-refractivity contribution in [2.75, 3.05) is 6.26 Å². The Morgan fingerprint density at radius 3 is 2.07 bits per heavy atom. The molecule has 14 heavy (non-hydrogen) atoms. The number of hydrogen-bond donors (Lipinski definition) is 1. The van der Waals surface area contributed by atoms with Crippen LogP contribution in [-0.2, 0) is 0 Å². The van der Waals surface area contributed by atoms with Crippen LogP contribution in [0.2, 0.25) is 0 Å². The lowest BCUT2D eigenvalue weighted by molar-refractivity contribution is -0.149. The molecule has 0 saturated heterocycles. The Kier molecular flexibility index (Phi) is 3.44. The molecule has 0 fully saturated rings. The van der Waals surface area contributed by atoms with Gasteiger partial charge in [0.05, 0.1) is 0 Å². The highest BCUT2D eigenvalue weighted by molar-refractivity contribution is 7.98. The summed E-state index contributed by atoms with van der Waals surface area (Å²) in [5.74, 6) is 0. The van der Waals surface area contributed by atoms with E-state index in [0.717, 1.165) is 4.90 Å². The quantitative estimate of drug-likeness (QED) is 0.777. The number of halogens is 3. The third-order valence-corrected chi connectivity index (χ3v) is 2.57. The number of nitrogens with two attached hydrogens (primary N) is 1. The minimum absolute atomic E-state index is 0.0929. The van der Waals surface area contributed by atoms with Gasteiger partial charge in [0, 0.05) is 4.90 Å². The van der Waals surface area contributed by atoms with Crippen molar-refractivity contribution in [3.8, 4) is 0 Å². The molecule has 0 aliphatic heterocycles. The Hall–Kier alpha value is -0.680. The maximum atomic E-state index is 12.2. The Labute approximate surface area is 84.5 Å². The molecule has 0 heterocycles. The van der Waals surface area contributed by atoms with E-state index in [1.54, 1.807) is 12.1 Å². The molecule has 78 valence electrons. The standard InChI is InChI=1S/C9H10F3NS/c1-14-7-4-2-6(3-5-7)8(13)9(10,11)12/h2-5,8H,13H2,1H3. The molecule has 5 heteroatoms. The Bertz CT molecular complexity index is 294. The zero-order valence-corrected chi connectivity index (χ0v) is 8.32. The number of benzene rings is 1. The number of rotatable bonds is 2. The average Bonchev–Trinajstić information content (AvgIpc) is 2.15. The van der Waals surface area contributed by atoms with E-state index in [0.29, 0.717) is 0 Å². The lowest BCUT2D eigenvalue weighted by atomic mass is 10.1. The van der Waals surface area contributed by atoms with Gasteiger partial charge in [0.25, 0.3) is 0 Å². The number of thioether (sulfide) groups is 1. The van der Waals surface area contributed by atoms with Gasteiger partial charge in [-0.25, -0.2) is 0 Å². The van der Waals surface area contributed by atoms with Gasteiger partial charge in [0.15, 0.2) is 0 Å². The summed E-state index contributed by atoms with van der Waals surface area (Å²) in [6, 6.07) is 4.18. The fourth-order valence-electron chi connectivity index (χ4n) is 1.00. The van der Waals surface area contributed by atoms with Gasteiger partial charge in [-0.05, 0) is 24.0 Å². The van der Waals surface area contributed by atoms with Crippen molar-refractivity contribution in [3.05, 3.63) is 29.8 Å². The molecule has 2 N–H and O–H groups in total. The molecule has 1 atom stereocenters. The van der Waals surface area contributed by atoms with Crippen LogP contribution in [0.3, 0.4) is 0 Å². The van der Waals surface area contributed by atoms with Crippen LogP contribution in [-0.4, -0.2) is 12.4 Å². The van der Waals surface area contributed by atoms with E-state index in [1.165, 1.54) is 23.9 Å². The van der Waals surface area contributed by atoms with Crippen LogP contribution in [0, 0.1) is 0 Å². The molecule has 0 bridgehead atoms. The van der Waals surface area contributed by atoms with Crippen LogP contribution in [0.25, 0.3) is 0 Å². The largest absolute Gasteiger partial charge is 0.407 e. The Morgan fingerprint density at radius 1 is 1.21 bits per heavy atom. The van der Waals surface area contributed by atoms with Gasteiger partial charge in [-0.2, -0.15) is 13.2 Å². The summed E-state index contributed by atoms with van der Waals surface area (Å²) < 4.78 is 36.6. The summed E-state index contributed by atoms with van der Waals surface area (Å²) in [6.07, 6.45) is -2.51. The topological polar surface area (TPSA) is 26.0 Å². The van der Waals surface area contributed by atoms with Crippen molar-refractivity contribution in [1.29, 1.82) is 0 Å². The van der Waals surface area contributed by atoms with Gasteiger partial charge in [0.2, 0.25) is 0 Å². The van der Waals surface area contributed by atoms with Gasteiger partial charge in [-0.1, -0.05) is 12.1 Å². The minimum atomic E-state index is -4.37. The molecule has 1 rings (SSSR count). The van der Waals surface area contributed by atoms with E-state index in [1.807, 2.05) is 6.26 Å². The van der Waals surface area contributed by atoms with Crippen molar-refractivity contribution in [3.63, 3.8) is 0 Å². The fraction of sp³-hybridized carbons (Fsp3) is 0.333. The van der Waals surface area contributed by atoms with E-state index >= 15 is 0 Å². The summed E-state index contributed by atoms with van der Waals surface area (Å²) in [4.78, 5) is 0.920. The number of hydrogen-bond acceptors (Lipinski definition) is 2. The van der Waals surface area contributed by atoms with Gasteiger partial charge in [-0.3, -0.25) is 0 Å². The monoisotopic (exact) mass is 221 g/mol. The van der Waals surface area contributed by atoms with E-state index in [9.17, 15) is 13.2 Å². The molecule has 0 amide bonds. The van der Waals surface area contributed by atoms with E-state index in [4.69, 9.17) is 5.73 Å². The predicted molar refractivity (Wildman–Crippen MR) is 51.2 cm³/mol. The summed E-state index contributed by atoms with van der Waals surface area (Å²) in [7, 11) is 0. The molecule has 0 spiro atoms. The molecular weight excluding hydrogens is 211 g/mol. The van der Waals surface area contributed by atoms with Crippen molar-refractivity contribution in [2.45, 2.75) is 17.1 Å². The summed E-state index contributed by atoms with van der Waals surface area (Å²) >= 11 is 1.47. The highest BCUT2D eigenvalue weighted by Gasteiger charge is 2.37. The zero-order chi connectivity index (χ0) is 10.8. The maximum absolute atomic E-state index is 12.2. The normalized spacial score (nSPS) is 14.1. The third kappa shape index (κ3) is 2.65. The maximum Gasteiger partial charge on any atom is 0.407 e. The van der Waals surface area contributed by atoms with Gasteiger partial charge in [-0.15, -0.1) is 11.8 Å². The summed E-state index contributed by atoms with van der Waals surface area (Å²) in [6.45, 7) is 0. The first-order chi connectivity index (χ1) is 6.45. The molecular formula is C9H10F3NS. The van der Waals surface area contributed by atoms with Crippen LogP contribution in [0.5, 0.6) is 0 Å². The molecule has 0 aromatic heterocycles. The summed E-state index contributed by atoms with van der Waals surface area (Å²) in [5, 5.41) is 0. The smallest absolute Gasteiger partial charge is 0.316 e. The van der Waals surface area contributed by atoms with Gasteiger partial charge in [0.1, 0.15) is 6.04 Å². The predicted octanol–water partition coefficient (Wildman–Crippen LogP) is 2.97. The lowest BCUT2D eigenvalue weighted by Gasteiger charge is -2.15. The van der Waals surface area contributed by atoms with Crippen molar-refractivity contribution < 1.29 is 13.2 Å². The van der Waals surface area contributed by atoms with Gasteiger partial charge < -0.3 is 5.73 Å². The second kappa shape index (κ2) is 4.23. The molecule has 0 radical (unpaired) electrons. The summed E-state index contributed by atoms with van der Waals surface area (Å²) in [5.41, 5.74) is 5.12. The lowest BCUT2D eigenvalue weighted by Crippen LogP contribution is -2.28. The molecule has 1 nitrogen and oxygen atoms in total. The Balaban J connectivity index is 2.87. The van der Waals surface area contributed by atoms with E-state index in [-0.39, 0.29) is 5.56 Å².